The molecule has 0 unspecified atom stereocenters. The van der Waals surface area contributed by atoms with Crippen molar-refractivity contribution in [1.29, 1.82) is 0 Å². The molecular formula is C15H15Cl2NO2. The molecule has 0 aliphatic carbocycles. The van der Waals surface area contributed by atoms with Crippen LogP contribution in [0.4, 0.5) is 5.69 Å². The Morgan fingerprint density at radius 3 is 2.25 bits per heavy atom. The van der Waals surface area contributed by atoms with Gasteiger partial charge in [-0.1, -0.05) is 41.4 Å². The number of anilines is 1. The van der Waals surface area contributed by atoms with E-state index in [0.717, 1.165) is 5.69 Å². The van der Waals surface area contributed by atoms with Gasteiger partial charge in [-0.05, 0) is 24.3 Å². The molecule has 0 heterocycles. The number of hydrogen-bond donors (Lipinski definition) is 1. The molecule has 2 rings (SSSR count). The number of rotatable bonds is 6. The lowest BCUT2D eigenvalue weighted by Gasteiger charge is -2.12. The largest absolute Gasteiger partial charge is 0.493 e. The van der Waals surface area contributed by atoms with Gasteiger partial charge in [0.15, 0.2) is 11.5 Å². The molecule has 106 valence electrons. The van der Waals surface area contributed by atoms with Crippen molar-refractivity contribution in [3.05, 3.63) is 52.5 Å². The molecule has 0 aromatic heterocycles. The molecule has 3 nitrogen and oxygen atoms in total. The van der Waals surface area contributed by atoms with Gasteiger partial charge in [0, 0.05) is 6.54 Å². The predicted octanol–water partition coefficient (Wildman–Crippen LogP) is 4.49. The van der Waals surface area contributed by atoms with E-state index in [0.29, 0.717) is 34.7 Å². The van der Waals surface area contributed by atoms with Crippen LogP contribution >= 0.6 is 23.2 Å². The zero-order valence-corrected chi connectivity index (χ0v) is 12.5. The highest BCUT2D eigenvalue weighted by Gasteiger charge is 2.05. The van der Waals surface area contributed by atoms with Gasteiger partial charge in [-0.2, -0.15) is 0 Å². The SMILES string of the molecule is COc1ccccc1OCCNc1c(Cl)cccc1Cl. The Balaban J connectivity index is 1.88. The number of benzene rings is 2. The third kappa shape index (κ3) is 3.71. The summed E-state index contributed by atoms with van der Waals surface area (Å²) in [5.74, 6) is 1.42. The van der Waals surface area contributed by atoms with Gasteiger partial charge in [-0.25, -0.2) is 0 Å². The van der Waals surface area contributed by atoms with Crippen LogP contribution < -0.4 is 14.8 Å². The maximum absolute atomic E-state index is 6.07. The summed E-state index contributed by atoms with van der Waals surface area (Å²) in [6.07, 6.45) is 0. The second-order valence-electron chi connectivity index (χ2n) is 4.02. The minimum Gasteiger partial charge on any atom is -0.493 e. The summed E-state index contributed by atoms with van der Waals surface area (Å²) < 4.78 is 10.9. The molecule has 0 saturated carbocycles. The first-order valence-electron chi connectivity index (χ1n) is 6.16. The highest BCUT2D eigenvalue weighted by molar-refractivity contribution is 6.39. The summed E-state index contributed by atoms with van der Waals surface area (Å²) in [4.78, 5) is 0. The Morgan fingerprint density at radius 2 is 1.60 bits per heavy atom. The van der Waals surface area contributed by atoms with Crippen LogP contribution in [-0.2, 0) is 0 Å². The van der Waals surface area contributed by atoms with Crippen molar-refractivity contribution in [3.8, 4) is 11.5 Å². The van der Waals surface area contributed by atoms with E-state index in [-0.39, 0.29) is 0 Å². The molecular weight excluding hydrogens is 297 g/mol. The topological polar surface area (TPSA) is 30.5 Å². The van der Waals surface area contributed by atoms with Crippen LogP contribution in [0.15, 0.2) is 42.5 Å². The minimum absolute atomic E-state index is 0.474. The lowest BCUT2D eigenvalue weighted by Crippen LogP contribution is -2.12. The molecule has 0 spiro atoms. The summed E-state index contributed by atoms with van der Waals surface area (Å²) in [6.45, 7) is 1.06. The van der Waals surface area contributed by atoms with E-state index >= 15 is 0 Å². The first-order valence-corrected chi connectivity index (χ1v) is 6.91. The second kappa shape index (κ2) is 7.27. The number of ether oxygens (including phenoxy) is 2. The first kappa shape index (κ1) is 14.8. The summed E-state index contributed by atoms with van der Waals surface area (Å²) in [6, 6.07) is 12.9. The van der Waals surface area contributed by atoms with Gasteiger partial charge in [0.05, 0.1) is 22.8 Å². The minimum atomic E-state index is 0.474. The van der Waals surface area contributed by atoms with Crippen molar-refractivity contribution in [3.63, 3.8) is 0 Å². The Kier molecular flexibility index (Phi) is 5.39. The maximum atomic E-state index is 6.07. The maximum Gasteiger partial charge on any atom is 0.161 e. The lowest BCUT2D eigenvalue weighted by molar-refractivity contribution is 0.306. The van der Waals surface area contributed by atoms with Crippen molar-refractivity contribution in [2.75, 3.05) is 25.6 Å². The van der Waals surface area contributed by atoms with Gasteiger partial charge in [0.2, 0.25) is 0 Å². The van der Waals surface area contributed by atoms with Crippen molar-refractivity contribution in [2.45, 2.75) is 0 Å². The van der Waals surface area contributed by atoms with Crippen molar-refractivity contribution in [1.82, 2.24) is 0 Å². The monoisotopic (exact) mass is 311 g/mol. The van der Waals surface area contributed by atoms with E-state index in [9.17, 15) is 0 Å². The highest BCUT2D eigenvalue weighted by Crippen LogP contribution is 2.29. The van der Waals surface area contributed by atoms with Crippen LogP contribution in [0.2, 0.25) is 10.0 Å². The number of para-hydroxylation sites is 3. The van der Waals surface area contributed by atoms with Crippen molar-refractivity contribution < 1.29 is 9.47 Å². The zero-order chi connectivity index (χ0) is 14.4. The molecule has 0 fully saturated rings. The van der Waals surface area contributed by atoms with Crippen LogP contribution in [-0.4, -0.2) is 20.3 Å². The Morgan fingerprint density at radius 1 is 0.950 bits per heavy atom. The van der Waals surface area contributed by atoms with Crippen LogP contribution in [0.1, 0.15) is 0 Å². The Hall–Kier alpha value is -1.58. The van der Waals surface area contributed by atoms with Gasteiger partial charge < -0.3 is 14.8 Å². The molecule has 1 N–H and O–H groups in total. The van der Waals surface area contributed by atoms with Crippen LogP contribution in [0.25, 0.3) is 0 Å². The summed E-state index contributed by atoms with van der Waals surface area (Å²) >= 11 is 12.1. The average Bonchev–Trinajstić information content (AvgIpc) is 2.46. The van der Waals surface area contributed by atoms with E-state index in [2.05, 4.69) is 5.32 Å². The van der Waals surface area contributed by atoms with Gasteiger partial charge in [-0.15, -0.1) is 0 Å². The van der Waals surface area contributed by atoms with Crippen LogP contribution in [0.3, 0.4) is 0 Å². The quantitative estimate of drug-likeness (QED) is 0.797. The summed E-state index contributed by atoms with van der Waals surface area (Å²) in [7, 11) is 1.62. The Labute approximate surface area is 128 Å². The third-order valence-corrected chi connectivity index (χ3v) is 3.32. The van der Waals surface area contributed by atoms with Crippen molar-refractivity contribution >= 4 is 28.9 Å². The zero-order valence-electron chi connectivity index (χ0n) is 11.0. The lowest BCUT2D eigenvalue weighted by atomic mass is 10.3. The standard InChI is InChI=1S/C15H15Cl2NO2/c1-19-13-7-2-3-8-14(13)20-10-9-18-15-11(16)5-4-6-12(15)17/h2-8,18H,9-10H2,1H3. The van der Waals surface area contributed by atoms with Crippen molar-refractivity contribution in [2.24, 2.45) is 0 Å². The Bertz CT molecular complexity index is 555. The number of nitrogens with one attached hydrogen (secondary N) is 1. The molecule has 0 saturated heterocycles. The number of hydrogen-bond acceptors (Lipinski definition) is 3. The predicted molar refractivity (Wildman–Crippen MR) is 83.4 cm³/mol. The van der Waals surface area contributed by atoms with Gasteiger partial charge in [0.25, 0.3) is 0 Å². The molecule has 2 aromatic carbocycles. The second-order valence-corrected chi connectivity index (χ2v) is 4.84. The normalized spacial score (nSPS) is 10.2. The van der Waals surface area contributed by atoms with E-state index in [1.165, 1.54) is 0 Å². The smallest absolute Gasteiger partial charge is 0.161 e. The van der Waals surface area contributed by atoms with E-state index in [1.54, 1.807) is 25.3 Å². The molecule has 0 aliphatic rings. The molecule has 2 aromatic rings. The number of methoxy groups -OCH3 is 1. The van der Waals surface area contributed by atoms with E-state index in [1.807, 2.05) is 24.3 Å². The highest BCUT2D eigenvalue weighted by atomic mass is 35.5. The fourth-order valence-electron chi connectivity index (χ4n) is 1.74. The molecule has 0 radical (unpaired) electrons. The molecule has 20 heavy (non-hydrogen) atoms. The van der Waals surface area contributed by atoms with E-state index < -0.39 is 0 Å². The van der Waals surface area contributed by atoms with Gasteiger partial charge >= 0.3 is 0 Å². The summed E-state index contributed by atoms with van der Waals surface area (Å²) in [5.41, 5.74) is 0.722. The third-order valence-electron chi connectivity index (χ3n) is 2.69. The molecule has 0 bridgehead atoms. The summed E-state index contributed by atoms with van der Waals surface area (Å²) in [5, 5.41) is 4.34. The van der Waals surface area contributed by atoms with Crippen LogP contribution in [0, 0.1) is 0 Å². The van der Waals surface area contributed by atoms with E-state index in [4.69, 9.17) is 32.7 Å². The average molecular weight is 312 g/mol. The molecule has 5 heteroatoms. The fourth-order valence-corrected chi connectivity index (χ4v) is 2.27. The van der Waals surface area contributed by atoms with Gasteiger partial charge in [0.1, 0.15) is 6.61 Å². The molecule has 0 atom stereocenters. The first-order chi connectivity index (χ1) is 9.72. The van der Waals surface area contributed by atoms with Crippen LogP contribution in [0.5, 0.6) is 11.5 Å². The number of halogens is 2. The molecule has 0 aliphatic heterocycles. The van der Waals surface area contributed by atoms with Gasteiger partial charge in [-0.3, -0.25) is 0 Å². The fraction of sp³-hybridized carbons (Fsp3) is 0.200. The molecule has 0 amide bonds.